The van der Waals surface area contributed by atoms with Crippen molar-refractivity contribution in [2.45, 2.75) is 109 Å². The van der Waals surface area contributed by atoms with Gasteiger partial charge < -0.3 is 9.47 Å². The zero-order valence-electron chi connectivity index (χ0n) is 25.2. The molecule has 2 fully saturated rings. The molecule has 2 nitrogen and oxygen atoms in total. The van der Waals surface area contributed by atoms with E-state index in [9.17, 15) is 17.6 Å². The standard InChI is InChI=1S/C36H46F4O2/c1-3-4-21-41-32-20-19-31(35(39)36(32)40)27-12-10-26(11-13-27)25-8-6-24(7-9-25)22-42-29-16-14-28(15-17-29)30-18-5-23(2)33(37)34(30)38/h5,12,18-20,24-26,28-29H,3-4,6-11,13-17,21-22H2,1-2H3. The molecular weight excluding hydrogens is 540 g/mol. The van der Waals surface area contributed by atoms with Crippen molar-refractivity contribution in [3.05, 3.63) is 70.3 Å². The van der Waals surface area contributed by atoms with E-state index in [1.807, 2.05) is 6.92 Å². The van der Waals surface area contributed by atoms with Gasteiger partial charge in [-0.15, -0.1) is 0 Å². The second-order valence-electron chi connectivity index (χ2n) is 12.9. The zero-order valence-corrected chi connectivity index (χ0v) is 25.2. The fraction of sp³-hybridized carbons (Fsp3) is 0.611. The Morgan fingerprint density at radius 3 is 2.21 bits per heavy atom. The quantitative estimate of drug-likeness (QED) is 0.204. The number of halogens is 4. The Kier molecular flexibility index (Phi) is 10.7. The Morgan fingerprint density at radius 1 is 0.762 bits per heavy atom. The Hall–Kier alpha value is -2.34. The number of rotatable bonds is 10. The van der Waals surface area contributed by atoms with Crippen LogP contribution in [0.1, 0.15) is 113 Å². The molecule has 0 aliphatic heterocycles. The average Bonchev–Trinajstić information content (AvgIpc) is 3.02. The van der Waals surface area contributed by atoms with Gasteiger partial charge >= 0.3 is 0 Å². The van der Waals surface area contributed by atoms with Crippen LogP contribution in [0.15, 0.2) is 30.3 Å². The average molecular weight is 587 g/mol. The van der Waals surface area contributed by atoms with Crippen molar-refractivity contribution in [1.29, 1.82) is 0 Å². The topological polar surface area (TPSA) is 18.5 Å². The van der Waals surface area contributed by atoms with Crippen molar-refractivity contribution in [2.75, 3.05) is 13.2 Å². The smallest absolute Gasteiger partial charge is 0.201 e. The first-order valence-corrected chi connectivity index (χ1v) is 16.2. The first-order valence-electron chi connectivity index (χ1n) is 16.2. The highest BCUT2D eigenvalue weighted by Gasteiger charge is 2.31. The van der Waals surface area contributed by atoms with Crippen LogP contribution in [-0.2, 0) is 4.74 Å². The van der Waals surface area contributed by atoms with Crippen LogP contribution in [0.4, 0.5) is 17.6 Å². The number of hydrogen-bond donors (Lipinski definition) is 0. The number of aryl methyl sites for hydroxylation is 1. The molecule has 0 saturated heterocycles. The third-order valence-corrected chi connectivity index (χ3v) is 10.1. The molecule has 0 aromatic heterocycles. The molecule has 0 N–H and O–H groups in total. The van der Waals surface area contributed by atoms with Crippen LogP contribution in [0.5, 0.6) is 5.75 Å². The third-order valence-electron chi connectivity index (χ3n) is 10.1. The van der Waals surface area contributed by atoms with E-state index in [1.54, 1.807) is 31.2 Å². The lowest BCUT2D eigenvalue weighted by molar-refractivity contribution is -0.00689. The van der Waals surface area contributed by atoms with Gasteiger partial charge in [0.05, 0.1) is 12.7 Å². The molecule has 2 saturated carbocycles. The number of hydrogen-bond acceptors (Lipinski definition) is 2. The van der Waals surface area contributed by atoms with Gasteiger partial charge in [-0.1, -0.05) is 31.6 Å². The van der Waals surface area contributed by atoms with Gasteiger partial charge in [-0.3, -0.25) is 0 Å². The van der Waals surface area contributed by atoms with E-state index < -0.39 is 23.3 Å². The Labute approximate surface area is 248 Å². The van der Waals surface area contributed by atoms with Crippen LogP contribution >= 0.6 is 0 Å². The first kappa shape index (κ1) is 31.1. The van der Waals surface area contributed by atoms with Crippen molar-refractivity contribution < 1.29 is 27.0 Å². The Balaban J connectivity index is 1.04. The highest BCUT2D eigenvalue weighted by Crippen LogP contribution is 2.43. The fourth-order valence-corrected chi connectivity index (χ4v) is 7.36. The molecule has 5 rings (SSSR count). The largest absolute Gasteiger partial charge is 0.490 e. The van der Waals surface area contributed by atoms with Crippen LogP contribution in [-0.4, -0.2) is 19.3 Å². The normalized spacial score (nSPS) is 26.6. The summed E-state index contributed by atoms with van der Waals surface area (Å²) in [5, 5.41) is 0. The van der Waals surface area contributed by atoms with Crippen LogP contribution in [0.3, 0.4) is 0 Å². The lowest BCUT2D eigenvalue weighted by Crippen LogP contribution is -2.28. The molecule has 0 heterocycles. The molecular formula is C36H46F4O2. The molecule has 6 heteroatoms. The lowest BCUT2D eigenvalue weighted by atomic mass is 9.71. The lowest BCUT2D eigenvalue weighted by Gasteiger charge is -2.36. The zero-order chi connectivity index (χ0) is 29.6. The summed E-state index contributed by atoms with van der Waals surface area (Å²) in [5.41, 5.74) is 2.16. The van der Waals surface area contributed by atoms with E-state index in [2.05, 4.69) is 6.08 Å². The minimum Gasteiger partial charge on any atom is -0.490 e. The highest BCUT2D eigenvalue weighted by molar-refractivity contribution is 5.67. The molecule has 0 radical (unpaired) electrons. The summed E-state index contributed by atoms with van der Waals surface area (Å²) in [6.07, 6.45) is 15.0. The first-order chi connectivity index (χ1) is 20.4. The third kappa shape index (κ3) is 7.23. The van der Waals surface area contributed by atoms with Gasteiger partial charge in [-0.25, -0.2) is 13.2 Å². The predicted octanol–water partition coefficient (Wildman–Crippen LogP) is 10.5. The van der Waals surface area contributed by atoms with Gasteiger partial charge in [-0.2, -0.15) is 4.39 Å². The van der Waals surface area contributed by atoms with E-state index >= 15 is 0 Å². The SMILES string of the molecule is CCCCOc1ccc(C2=CCC(C3CCC(COC4CCC(c5ccc(C)c(F)c5F)CC4)CC3)CC2)c(F)c1F. The fourth-order valence-electron chi connectivity index (χ4n) is 7.36. The number of allylic oxidation sites excluding steroid dienone is 2. The van der Waals surface area contributed by atoms with Crippen molar-refractivity contribution in [3.8, 4) is 5.75 Å². The molecule has 3 aliphatic carbocycles. The van der Waals surface area contributed by atoms with Gasteiger partial charge in [0.1, 0.15) is 0 Å². The Morgan fingerprint density at radius 2 is 1.52 bits per heavy atom. The summed E-state index contributed by atoms with van der Waals surface area (Å²) in [6, 6.07) is 6.67. The maximum Gasteiger partial charge on any atom is 0.201 e. The van der Waals surface area contributed by atoms with E-state index in [0.717, 1.165) is 70.0 Å². The van der Waals surface area contributed by atoms with Crippen molar-refractivity contribution in [1.82, 2.24) is 0 Å². The minimum atomic E-state index is -0.879. The van der Waals surface area contributed by atoms with Gasteiger partial charge in [0.15, 0.2) is 23.2 Å². The van der Waals surface area contributed by atoms with Crippen molar-refractivity contribution in [3.63, 3.8) is 0 Å². The van der Waals surface area contributed by atoms with E-state index in [-0.39, 0.29) is 17.8 Å². The molecule has 3 aliphatic rings. The summed E-state index contributed by atoms with van der Waals surface area (Å²) >= 11 is 0. The molecule has 230 valence electrons. The van der Waals surface area contributed by atoms with E-state index in [1.165, 1.54) is 25.7 Å². The van der Waals surface area contributed by atoms with E-state index in [0.29, 0.717) is 41.1 Å². The number of ether oxygens (including phenoxy) is 2. The molecule has 0 amide bonds. The van der Waals surface area contributed by atoms with Crippen molar-refractivity contribution in [2.24, 2.45) is 17.8 Å². The summed E-state index contributed by atoms with van der Waals surface area (Å²) < 4.78 is 69.7. The molecule has 1 atom stereocenters. The van der Waals surface area contributed by atoms with Gasteiger partial charge in [-0.05, 0) is 136 Å². The summed E-state index contributed by atoms with van der Waals surface area (Å²) in [4.78, 5) is 0. The minimum absolute atomic E-state index is 0.00160. The summed E-state index contributed by atoms with van der Waals surface area (Å²) in [5.74, 6) is -1.14. The second-order valence-corrected chi connectivity index (χ2v) is 12.9. The summed E-state index contributed by atoms with van der Waals surface area (Å²) in [6.45, 7) is 4.81. The van der Waals surface area contributed by atoms with Gasteiger partial charge in [0, 0.05) is 12.2 Å². The summed E-state index contributed by atoms with van der Waals surface area (Å²) in [7, 11) is 0. The maximum absolute atomic E-state index is 14.9. The predicted molar refractivity (Wildman–Crippen MR) is 160 cm³/mol. The van der Waals surface area contributed by atoms with E-state index in [4.69, 9.17) is 9.47 Å². The molecule has 1 unspecified atom stereocenters. The second kappa shape index (κ2) is 14.4. The molecule has 2 aromatic carbocycles. The monoisotopic (exact) mass is 586 g/mol. The van der Waals surface area contributed by atoms with Crippen molar-refractivity contribution >= 4 is 5.57 Å². The highest BCUT2D eigenvalue weighted by atomic mass is 19.2. The van der Waals surface area contributed by atoms with Crippen LogP contribution in [0.25, 0.3) is 5.57 Å². The molecule has 42 heavy (non-hydrogen) atoms. The molecule has 0 bridgehead atoms. The van der Waals surface area contributed by atoms with Crippen LogP contribution in [0.2, 0.25) is 0 Å². The molecule has 2 aromatic rings. The maximum atomic E-state index is 14.9. The Bertz CT molecular complexity index is 1230. The van der Waals surface area contributed by atoms with Crippen LogP contribution in [0, 0.1) is 47.9 Å². The van der Waals surface area contributed by atoms with Crippen LogP contribution < -0.4 is 4.74 Å². The molecule has 0 spiro atoms. The van der Waals surface area contributed by atoms with Gasteiger partial charge in [0.2, 0.25) is 5.82 Å². The number of benzene rings is 2. The number of unbranched alkanes of at least 4 members (excludes halogenated alkanes) is 1. The van der Waals surface area contributed by atoms with Gasteiger partial charge in [0.25, 0.3) is 0 Å².